The zero-order chi connectivity index (χ0) is 49.7. The lowest BCUT2D eigenvalue weighted by Gasteiger charge is -2.32. The molecule has 0 saturated carbocycles. The Morgan fingerprint density at radius 3 is 1.54 bits per heavy atom. The molecule has 0 bridgehead atoms. The maximum atomic E-state index is 7.08. The zero-order valence-electron chi connectivity index (χ0n) is 42.5. The molecule has 0 atom stereocenters. The second kappa shape index (κ2) is 14.1. The topological polar surface area (TPSA) is 42.7 Å². The van der Waals surface area contributed by atoms with Crippen molar-refractivity contribution in [3.8, 4) is 44.5 Å². The Hall–Kier alpha value is -8.60. The van der Waals surface area contributed by atoms with Crippen LogP contribution >= 0.6 is 0 Å². The first-order valence-electron chi connectivity index (χ1n) is 26.1. The summed E-state index contributed by atoms with van der Waals surface area (Å²) in [6, 6.07) is 66.8. The third-order valence-corrected chi connectivity index (χ3v) is 17.7. The van der Waals surface area contributed by atoms with Crippen molar-refractivity contribution in [2.24, 2.45) is 0 Å². The Morgan fingerprint density at radius 2 is 0.838 bits per heavy atom. The van der Waals surface area contributed by atoms with Crippen molar-refractivity contribution < 1.29 is 13.3 Å². The van der Waals surface area contributed by atoms with Crippen LogP contribution in [0.4, 0.5) is 17.1 Å². The van der Waals surface area contributed by atoms with E-state index in [9.17, 15) is 0 Å². The number of nitrogens with zero attached hydrogens (tertiary/aromatic N) is 1. The van der Waals surface area contributed by atoms with Crippen LogP contribution in [0.5, 0.6) is 0 Å². The number of hydrogen-bond acceptors (Lipinski definition) is 4. The van der Waals surface area contributed by atoms with Crippen molar-refractivity contribution in [1.29, 1.82) is 0 Å². The lowest BCUT2D eigenvalue weighted by molar-refractivity contribution is 0.600. The number of fused-ring (bicyclic) bond motifs is 22. The first-order valence-corrected chi connectivity index (χ1v) is 26.1. The third-order valence-electron chi connectivity index (χ3n) is 17.7. The van der Waals surface area contributed by atoms with Crippen LogP contribution in [0, 0.1) is 6.92 Å². The molecule has 0 fully saturated rings. The van der Waals surface area contributed by atoms with Gasteiger partial charge in [0.2, 0.25) is 0 Å². The summed E-state index contributed by atoms with van der Waals surface area (Å²) in [5.41, 5.74) is 26.8. The second-order valence-electron chi connectivity index (χ2n) is 22.8. The Kier molecular flexibility index (Phi) is 8.01. The average molecular weight is 954 g/mol. The Balaban J connectivity index is 0.930. The number of aryl methyl sites for hydroxylation is 1. The van der Waals surface area contributed by atoms with Crippen LogP contribution in [0.2, 0.25) is 0 Å². The molecule has 13 aromatic rings. The highest BCUT2D eigenvalue weighted by Crippen LogP contribution is 2.64. The van der Waals surface area contributed by atoms with Crippen molar-refractivity contribution >= 4 is 82.9 Å². The van der Waals surface area contributed by atoms with Gasteiger partial charge in [0.25, 0.3) is 0 Å². The van der Waals surface area contributed by atoms with Crippen LogP contribution in [0.3, 0.4) is 0 Å². The zero-order valence-corrected chi connectivity index (χ0v) is 42.5. The first kappa shape index (κ1) is 42.0. The van der Waals surface area contributed by atoms with Gasteiger partial charge in [0, 0.05) is 82.8 Å². The summed E-state index contributed by atoms with van der Waals surface area (Å²) < 4.78 is 20.6. The van der Waals surface area contributed by atoms with Gasteiger partial charge in [0.1, 0.15) is 33.5 Å². The number of furan rings is 3. The fourth-order valence-corrected chi connectivity index (χ4v) is 14.1. The molecule has 0 amide bonds. The lowest BCUT2D eigenvalue weighted by atomic mass is 9.72. The number of anilines is 3. The van der Waals surface area contributed by atoms with Crippen molar-refractivity contribution in [3.63, 3.8) is 0 Å². The van der Waals surface area contributed by atoms with Crippen LogP contribution in [0.1, 0.15) is 80.5 Å². The van der Waals surface area contributed by atoms with Crippen LogP contribution in [-0.4, -0.2) is 0 Å². The fourth-order valence-electron chi connectivity index (χ4n) is 14.1. The van der Waals surface area contributed by atoms with Crippen LogP contribution < -0.4 is 4.90 Å². The van der Waals surface area contributed by atoms with Crippen LogP contribution in [-0.2, 0) is 16.2 Å². The number of rotatable bonds is 4. The molecule has 0 N–H and O–H groups in total. The average Bonchev–Trinajstić information content (AvgIpc) is 4.23. The summed E-state index contributed by atoms with van der Waals surface area (Å²) in [5.74, 6) is 0. The minimum absolute atomic E-state index is 0.233. The summed E-state index contributed by atoms with van der Waals surface area (Å²) in [7, 11) is 0. The molecule has 0 saturated heterocycles. The minimum Gasteiger partial charge on any atom is -0.456 e. The molecule has 3 aliphatic carbocycles. The molecule has 0 unspecified atom stereocenters. The summed E-state index contributed by atoms with van der Waals surface area (Å²) >= 11 is 0. The molecular formula is C70H51NO3. The number of benzene rings is 10. The van der Waals surface area contributed by atoms with Gasteiger partial charge in [-0.15, -0.1) is 0 Å². The molecule has 354 valence electrons. The van der Waals surface area contributed by atoms with Crippen molar-refractivity contribution in [3.05, 3.63) is 221 Å². The summed E-state index contributed by atoms with van der Waals surface area (Å²) in [5, 5.41) is 6.92. The van der Waals surface area contributed by atoms with Gasteiger partial charge >= 0.3 is 0 Å². The quantitative estimate of drug-likeness (QED) is 0.176. The monoisotopic (exact) mass is 953 g/mol. The van der Waals surface area contributed by atoms with Gasteiger partial charge < -0.3 is 18.2 Å². The smallest absolute Gasteiger partial charge is 0.144 e. The molecule has 4 nitrogen and oxygen atoms in total. The first-order chi connectivity index (χ1) is 35.9. The maximum Gasteiger partial charge on any atom is 0.144 e. The largest absolute Gasteiger partial charge is 0.456 e. The van der Waals surface area contributed by atoms with Crippen molar-refractivity contribution in [1.82, 2.24) is 0 Å². The van der Waals surface area contributed by atoms with E-state index in [1.54, 1.807) is 0 Å². The molecule has 10 aromatic carbocycles. The van der Waals surface area contributed by atoms with E-state index in [4.69, 9.17) is 13.3 Å². The molecule has 16 rings (SSSR count). The van der Waals surface area contributed by atoms with Crippen molar-refractivity contribution in [2.45, 2.75) is 64.7 Å². The molecule has 0 spiro atoms. The highest BCUT2D eigenvalue weighted by atomic mass is 16.3. The molecular weight excluding hydrogens is 903 g/mol. The Labute approximate surface area is 429 Å². The highest BCUT2D eigenvalue weighted by molar-refractivity contribution is 6.22. The molecule has 3 heterocycles. The summed E-state index contributed by atoms with van der Waals surface area (Å²) in [4.78, 5) is 2.45. The van der Waals surface area contributed by atoms with Gasteiger partial charge in [-0.1, -0.05) is 162 Å². The standard InChI is InChI=1S/C70H51NO3/c1-38-24-26-39(27-25-38)50-37-54-59(61-48-18-10-14-22-56(48)73-66(50)61)46-32-29-40(34-52(46)68(54,2)3)71(42-28-31-44-43-16-9-13-21-55(43)72-58(44)36-42)41-30-33-47-53(35-41)70(6,7)65-63(47)67-62(49-19-11-15-23-57(49)74-67)60-45-17-8-12-20-51(45)69(4,5)64(60)65/h8-37H,1-7H3. The van der Waals surface area contributed by atoms with E-state index in [1.165, 1.54) is 88.5 Å². The predicted octanol–water partition coefficient (Wildman–Crippen LogP) is 19.7. The number of hydrogen-bond donors (Lipinski definition) is 0. The highest BCUT2D eigenvalue weighted by Gasteiger charge is 2.49. The van der Waals surface area contributed by atoms with Gasteiger partial charge in [-0.05, 0) is 134 Å². The van der Waals surface area contributed by atoms with Gasteiger partial charge in [-0.3, -0.25) is 0 Å². The van der Waals surface area contributed by atoms with Crippen LogP contribution in [0.25, 0.3) is 110 Å². The van der Waals surface area contributed by atoms with Crippen LogP contribution in [0.15, 0.2) is 195 Å². The van der Waals surface area contributed by atoms with E-state index >= 15 is 0 Å². The molecule has 3 aliphatic rings. The maximum absolute atomic E-state index is 7.08. The second-order valence-corrected chi connectivity index (χ2v) is 22.8. The SMILES string of the molecule is Cc1ccc(-c2cc3c(c4c2oc2ccccc24)-c2ccc(N(c4ccc5c(c4)C(C)(C)c4c6c(c7c(oc8ccccc87)c4-5)-c4ccccc4C6(C)C)c4ccc5c(c4)oc4ccccc45)cc2C3(C)C)cc1. The van der Waals surface area contributed by atoms with Gasteiger partial charge in [0.05, 0.1) is 0 Å². The normalized spacial score (nSPS) is 15.3. The van der Waals surface area contributed by atoms with E-state index in [1.807, 2.05) is 6.07 Å². The molecule has 74 heavy (non-hydrogen) atoms. The lowest BCUT2D eigenvalue weighted by Crippen LogP contribution is -2.24. The van der Waals surface area contributed by atoms with E-state index in [0.717, 1.165) is 77.8 Å². The number of para-hydroxylation sites is 3. The minimum atomic E-state index is -0.374. The van der Waals surface area contributed by atoms with E-state index < -0.39 is 0 Å². The summed E-state index contributed by atoms with van der Waals surface area (Å²) in [6.07, 6.45) is 0. The predicted molar refractivity (Wildman–Crippen MR) is 306 cm³/mol. The fraction of sp³-hybridized carbons (Fsp3) is 0.143. The van der Waals surface area contributed by atoms with E-state index in [-0.39, 0.29) is 16.2 Å². The van der Waals surface area contributed by atoms with Gasteiger partial charge in [-0.25, -0.2) is 0 Å². The van der Waals surface area contributed by atoms with E-state index in [0.29, 0.717) is 0 Å². The van der Waals surface area contributed by atoms with E-state index in [2.05, 4.69) is 229 Å². The summed E-state index contributed by atoms with van der Waals surface area (Å²) in [6.45, 7) is 16.6. The molecule has 0 aliphatic heterocycles. The third kappa shape index (κ3) is 5.27. The Bertz CT molecular complexity index is 4640. The Morgan fingerprint density at radius 1 is 0.338 bits per heavy atom. The van der Waals surface area contributed by atoms with Crippen molar-refractivity contribution in [2.75, 3.05) is 4.90 Å². The molecule has 3 aromatic heterocycles. The molecule has 0 radical (unpaired) electrons. The van der Waals surface area contributed by atoms with Gasteiger partial charge in [0.15, 0.2) is 0 Å². The van der Waals surface area contributed by atoms with Gasteiger partial charge in [-0.2, -0.15) is 0 Å². The molecule has 4 heteroatoms.